The molecule has 0 radical (unpaired) electrons. The maximum Gasteiger partial charge on any atom is 0.191 e. The number of fused-ring (bicyclic) bond motifs is 1. The third kappa shape index (κ3) is 5.96. The third-order valence-electron chi connectivity index (χ3n) is 4.87. The van der Waals surface area contributed by atoms with Crippen molar-refractivity contribution in [2.24, 2.45) is 4.99 Å². The van der Waals surface area contributed by atoms with Crippen LogP contribution in [0.3, 0.4) is 0 Å². The normalized spacial score (nSPS) is 17.0. The molecular formula is C21H30FN3O2. The van der Waals surface area contributed by atoms with E-state index in [0.717, 1.165) is 42.3 Å². The van der Waals surface area contributed by atoms with Crippen molar-refractivity contribution in [1.82, 2.24) is 10.6 Å². The topological polar surface area (TPSA) is 54.9 Å². The van der Waals surface area contributed by atoms with Crippen molar-refractivity contribution < 1.29 is 13.9 Å². The van der Waals surface area contributed by atoms with Gasteiger partial charge in [-0.15, -0.1) is 0 Å². The lowest BCUT2D eigenvalue weighted by atomic mass is 9.97. The molecule has 3 rings (SSSR count). The van der Waals surface area contributed by atoms with Crippen molar-refractivity contribution in [2.75, 3.05) is 26.4 Å². The van der Waals surface area contributed by atoms with E-state index in [9.17, 15) is 4.39 Å². The highest BCUT2D eigenvalue weighted by atomic mass is 19.1. The molecule has 0 saturated carbocycles. The van der Waals surface area contributed by atoms with E-state index < -0.39 is 0 Å². The number of allylic oxidation sites excluding steroid dienone is 1. The van der Waals surface area contributed by atoms with Crippen LogP contribution >= 0.6 is 0 Å². The predicted octanol–water partition coefficient (Wildman–Crippen LogP) is 3.68. The molecule has 0 unspecified atom stereocenters. The summed E-state index contributed by atoms with van der Waals surface area (Å²) in [6.45, 7) is 4.92. The minimum Gasteiger partial charge on any atom is -0.467 e. The fraction of sp³-hybridized carbons (Fsp3) is 0.571. The van der Waals surface area contributed by atoms with Crippen molar-refractivity contribution in [3.63, 3.8) is 0 Å². The van der Waals surface area contributed by atoms with Gasteiger partial charge in [0.2, 0.25) is 0 Å². The average molecular weight is 375 g/mol. The zero-order valence-corrected chi connectivity index (χ0v) is 16.2. The first-order chi connectivity index (χ1) is 13.3. The van der Waals surface area contributed by atoms with E-state index in [0.29, 0.717) is 19.6 Å². The molecule has 148 valence electrons. The van der Waals surface area contributed by atoms with Gasteiger partial charge >= 0.3 is 0 Å². The summed E-state index contributed by atoms with van der Waals surface area (Å²) in [6.07, 6.45) is 9.15. The Morgan fingerprint density at radius 3 is 2.96 bits per heavy atom. The van der Waals surface area contributed by atoms with Gasteiger partial charge in [0, 0.05) is 25.2 Å². The Hall–Kier alpha value is -2.08. The second kappa shape index (κ2) is 10.3. The Balaban J connectivity index is 1.54. The summed E-state index contributed by atoms with van der Waals surface area (Å²) >= 11 is 0. The van der Waals surface area contributed by atoms with E-state index in [1.165, 1.54) is 37.8 Å². The number of halogens is 1. The van der Waals surface area contributed by atoms with Gasteiger partial charge in [-0.3, -0.25) is 4.99 Å². The van der Waals surface area contributed by atoms with Gasteiger partial charge < -0.3 is 20.1 Å². The molecule has 1 aromatic rings. The molecule has 1 aromatic carbocycles. The first-order valence-electron chi connectivity index (χ1n) is 9.98. The number of guanidine groups is 1. The lowest BCUT2D eigenvalue weighted by molar-refractivity contribution is -0.0172. The fourth-order valence-corrected chi connectivity index (χ4v) is 3.55. The number of hydrogen-bond donors (Lipinski definition) is 2. The number of nitrogens with zero attached hydrogens (tertiary/aromatic N) is 1. The summed E-state index contributed by atoms with van der Waals surface area (Å²) in [5, 5.41) is 6.68. The zero-order chi connectivity index (χ0) is 18.9. The molecule has 27 heavy (non-hydrogen) atoms. The van der Waals surface area contributed by atoms with Crippen LogP contribution in [0.1, 0.15) is 50.2 Å². The SMILES string of the molecule is CCNC(=NCCc1cc(F)cc2c1OCOC2)NCCC1=CCCCC1. The van der Waals surface area contributed by atoms with Crippen LogP contribution in [0.15, 0.2) is 28.8 Å². The minimum absolute atomic E-state index is 0.217. The Morgan fingerprint density at radius 1 is 1.22 bits per heavy atom. The summed E-state index contributed by atoms with van der Waals surface area (Å²) < 4.78 is 24.6. The van der Waals surface area contributed by atoms with E-state index in [4.69, 9.17) is 9.47 Å². The summed E-state index contributed by atoms with van der Waals surface area (Å²) in [6, 6.07) is 3.02. The van der Waals surface area contributed by atoms with Crippen molar-refractivity contribution in [2.45, 2.75) is 52.1 Å². The molecule has 0 spiro atoms. The summed E-state index contributed by atoms with van der Waals surface area (Å²) in [4.78, 5) is 4.64. The van der Waals surface area contributed by atoms with Gasteiger partial charge in [-0.2, -0.15) is 0 Å². The number of aliphatic imine (C=N–C) groups is 1. The van der Waals surface area contributed by atoms with Crippen LogP contribution in [0.25, 0.3) is 0 Å². The fourth-order valence-electron chi connectivity index (χ4n) is 3.55. The van der Waals surface area contributed by atoms with Gasteiger partial charge in [0.1, 0.15) is 11.6 Å². The molecule has 6 heteroatoms. The number of rotatable bonds is 7. The Labute approximate surface area is 161 Å². The average Bonchev–Trinajstić information content (AvgIpc) is 2.68. The number of hydrogen-bond acceptors (Lipinski definition) is 3. The van der Waals surface area contributed by atoms with Crippen LogP contribution in [-0.4, -0.2) is 32.4 Å². The molecule has 2 N–H and O–H groups in total. The third-order valence-corrected chi connectivity index (χ3v) is 4.87. The number of nitrogens with one attached hydrogen (secondary N) is 2. The number of ether oxygens (including phenoxy) is 2. The smallest absolute Gasteiger partial charge is 0.191 e. The second-order valence-electron chi connectivity index (χ2n) is 6.96. The Kier molecular flexibility index (Phi) is 7.51. The van der Waals surface area contributed by atoms with Crippen molar-refractivity contribution in [1.29, 1.82) is 0 Å². The molecule has 5 nitrogen and oxygen atoms in total. The van der Waals surface area contributed by atoms with Crippen LogP contribution in [-0.2, 0) is 17.8 Å². The molecule has 1 aliphatic carbocycles. The molecule has 0 amide bonds. The van der Waals surface area contributed by atoms with E-state index in [2.05, 4.69) is 28.6 Å². The maximum absolute atomic E-state index is 13.8. The lowest BCUT2D eigenvalue weighted by Crippen LogP contribution is -2.38. The Bertz CT molecular complexity index is 688. The summed E-state index contributed by atoms with van der Waals surface area (Å²) in [5.41, 5.74) is 3.17. The van der Waals surface area contributed by atoms with Crippen LogP contribution in [0, 0.1) is 5.82 Å². The van der Waals surface area contributed by atoms with Gasteiger partial charge in [0.25, 0.3) is 0 Å². The molecule has 0 saturated heterocycles. The highest BCUT2D eigenvalue weighted by molar-refractivity contribution is 5.79. The molecule has 0 fully saturated rings. The van der Waals surface area contributed by atoms with Gasteiger partial charge in [0.15, 0.2) is 12.8 Å². The summed E-state index contributed by atoms with van der Waals surface area (Å²) in [5.74, 6) is 1.30. The van der Waals surface area contributed by atoms with Crippen molar-refractivity contribution in [3.8, 4) is 5.75 Å². The molecule has 2 aliphatic rings. The van der Waals surface area contributed by atoms with Crippen molar-refractivity contribution >= 4 is 5.96 Å². The molecule has 1 heterocycles. The Morgan fingerprint density at radius 2 is 2.15 bits per heavy atom. The molecule has 0 bridgehead atoms. The van der Waals surface area contributed by atoms with Crippen LogP contribution in [0.4, 0.5) is 4.39 Å². The van der Waals surface area contributed by atoms with Crippen LogP contribution in [0.2, 0.25) is 0 Å². The van der Waals surface area contributed by atoms with Gasteiger partial charge in [0.05, 0.1) is 6.61 Å². The van der Waals surface area contributed by atoms with Gasteiger partial charge in [-0.1, -0.05) is 11.6 Å². The maximum atomic E-state index is 13.8. The lowest BCUT2D eigenvalue weighted by Gasteiger charge is -2.20. The van der Waals surface area contributed by atoms with E-state index in [1.807, 2.05) is 0 Å². The van der Waals surface area contributed by atoms with Crippen molar-refractivity contribution in [3.05, 3.63) is 40.7 Å². The van der Waals surface area contributed by atoms with Gasteiger partial charge in [-0.05, 0) is 63.1 Å². The molecule has 1 aliphatic heterocycles. The quantitative estimate of drug-likeness (QED) is 0.434. The van der Waals surface area contributed by atoms with E-state index >= 15 is 0 Å². The largest absolute Gasteiger partial charge is 0.467 e. The highest BCUT2D eigenvalue weighted by Gasteiger charge is 2.16. The van der Waals surface area contributed by atoms with Crippen LogP contribution < -0.4 is 15.4 Å². The standard InChI is InChI=1S/C21H30FN3O2/c1-2-23-21(24-10-8-16-6-4-3-5-7-16)25-11-9-17-12-19(22)13-18-14-26-15-27-20(17)18/h6,12-13H,2-5,7-11,14-15H2,1H3,(H2,23,24,25). The minimum atomic E-state index is -0.257. The van der Waals surface area contributed by atoms with Crippen LogP contribution in [0.5, 0.6) is 5.75 Å². The van der Waals surface area contributed by atoms with E-state index in [-0.39, 0.29) is 12.6 Å². The van der Waals surface area contributed by atoms with Gasteiger partial charge in [-0.25, -0.2) is 4.39 Å². The highest BCUT2D eigenvalue weighted by Crippen LogP contribution is 2.29. The summed E-state index contributed by atoms with van der Waals surface area (Å²) in [7, 11) is 0. The zero-order valence-electron chi connectivity index (χ0n) is 16.2. The monoisotopic (exact) mass is 375 g/mol. The first kappa shape index (κ1) is 19.7. The first-order valence-corrected chi connectivity index (χ1v) is 9.98. The molecule has 0 aromatic heterocycles. The van der Waals surface area contributed by atoms with E-state index in [1.54, 1.807) is 5.57 Å². The molecular weight excluding hydrogens is 345 g/mol. The second-order valence-corrected chi connectivity index (χ2v) is 6.96. The molecule has 0 atom stereocenters. The predicted molar refractivity (Wildman–Crippen MR) is 106 cm³/mol. The number of benzene rings is 1.